The van der Waals surface area contributed by atoms with E-state index < -0.39 is 5.91 Å². The number of nitrogens with zero attached hydrogens (tertiary/aromatic N) is 1. The molecule has 1 aliphatic rings. The summed E-state index contributed by atoms with van der Waals surface area (Å²) in [6.07, 6.45) is 5.83. The largest absolute Gasteiger partial charge is 0.366 e. The quantitative estimate of drug-likeness (QED) is 0.892. The monoisotopic (exact) mass is 289 g/mol. The smallest absolute Gasteiger partial charge is 0.317 e. The van der Waals surface area contributed by atoms with Crippen molar-refractivity contribution in [2.45, 2.75) is 44.7 Å². The Bertz CT molecular complexity index is 510. The molecule has 5 heteroatoms. The fourth-order valence-corrected chi connectivity index (χ4v) is 2.77. The average molecular weight is 289 g/mol. The number of nitrogens with two attached hydrogens (primary N) is 1. The summed E-state index contributed by atoms with van der Waals surface area (Å²) in [5.41, 5.74) is 6.58. The van der Waals surface area contributed by atoms with Gasteiger partial charge in [-0.05, 0) is 30.5 Å². The van der Waals surface area contributed by atoms with Gasteiger partial charge >= 0.3 is 6.03 Å². The molecule has 0 unspecified atom stereocenters. The van der Waals surface area contributed by atoms with Crippen LogP contribution in [0.1, 0.15) is 48.0 Å². The molecule has 1 aromatic carbocycles. The Morgan fingerprint density at radius 1 is 1.29 bits per heavy atom. The molecule has 0 saturated heterocycles. The Labute approximate surface area is 125 Å². The predicted octanol–water partition coefficient (Wildman–Crippen LogP) is 2.26. The first-order valence-electron chi connectivity index (χ1n) is 7.47. The van der Waals surface area contributed by atoms with Crippen molar-refractivity contribution in [2.75, 3.05) is 7.05 Å². The first-order chi connectivity index (χ1) is 10.1. The maximum Gasteiger partial charge on any atom is 0.317 e. The number of carbonyl (C=O) groups is 2. The van der Waals surface area contributed by atoms with Crippen LogP contribution in [0.4, 0.5) is 4.79 Å². The number of primary amides is 1. The molecule has 1 aromatic rings. The van der Waals surface area contributed by atoms with Crippen LogP contribution in [0.2, 0.25) is 0 Å². The third-order valence-corrected chi connectivity index (χ3v) is 4.10. The minimum absolute atomic E-state index is 0.0635. The second-order valence-electron chi connectivity index (χ2n) is 5.63. The SMILES string of the molecule is CN(C(=O)NCc1cccc(C(N)=O)c1)C1CCCCC1. The predicted molar refractivity (Wildman–Crippen MR) is 81.8 cm³/mol. The molecule has 0 bridgehead atoms. The molecule has 0 atom stereocenters. The maximum atomic E-state index is 12.2. The minimum atomic E-state index is -0.456. The van der Waals surface area contributed by atoms with Crippen LogP contribution >= 0.6 is 0 Å². The van der Waals surface area contributed by atoms with E-state index in [0.717, 1.165) is 18.4 Å². The summed E-state index contributed by atoms with van der Waals surface area (Å²) in [7, 11) is 1.85. The zero-order valence-corrected chi connectivity index (χ0v) is 12.5. The highest BCUT2D eigenvalue weighted by atomic mass is 16.2. The second kappa shape index (κ2) is 7.11. The van der Waals surface area contributed by atoms with Crippen LogP contribution in [0.3, 0.4) is 0 Å². The topological polar surface area (TPSA) is 75.4 Å². The lowest BCUT2D eigenvalue weighted by molar-refractivity contribution is 0.1000. The first kappa shape index (κ1) is 15.4. The van der Waals surface area contributed by atoms with E-state index in [1.807, 2.05) is 13.1 Å². The second-order valence-corrected chi connectivity index (χ2v) is 5.63. The highest BCUT2D eigenvalue weighted by Gasteiger charge is 2.21. The van der Waals surface area contributed by atoms with Gasteiger partial charge in [-0.2, -0.15) is 0 Å². The third-order valence-electron chi connectivity index (χ3n) is 4.10. The summed E-state index contributed by atoms with van der Waals surface area (Å²) in [6, 6.07) is 7.30. The zero-order valence-electron chi connectivity index (χ0n) is 12.5. The molecule has 1 aliphatic carbocycles. The van der Waals surface area contributed by atoms with E-state index in [2.05, 4.69) is 5.32 Å². The van der Waals surface area contributed by atoms with Crippen molar-refractivity contribution in [1.29, 1.82) is 0 Å². The Morgan fingerprint density at radius 3 is 2.67 bits per heavy atom. The van der Waals surface area contributed by atoms with Gasteiger partial charge in [0.2, 0.25) is 5.91 Å². The standard InChI is InChI=1S/C16H23N3O2/c1-19(14-8-3-2-4-9-14)16(21)18-11-12-6-5-7-13(10-12)15(17)20/h5-7,10,14H,2-4,8-9,11H2,1H3,(H2,17,20)(H,18,21). The zero-order chi connectivity index (χ0) is 15.2. The van der Waals surface area contributed by atoms with E-state index in [4.69, 9.17) is 5.73 Å². The van der Waals surface area contributed by atoms with Gasteiger partial charge in [0.25, 0.3) is 0 Å². The van der Waals surface area contributed by atoms with Crippen LogP contribution in [0.5, 0.6) is 0 Å². The fraction of sp³-hybridized carbons (Fsp3) is 0.500. The summed E-state index contributed by atoms with van der Waals surface area (Å²) in [5.74, 6) is -0.456. The van der Waals surface area contributed by atoms with Crippen molar-refractivity contribution in [1.82, 2.24) is 10.2 Å². The van der Waals surface area contributed by atoms with Gasteiger partial charge in [0.1, 0.15) is 0 Å². The van der Waals surface area contributed by atoms with Crippen molar-refractivity contribution in [2.24, 2.45) is 5.73 Å². The molecule has 0 radical (unpaired) electrons. The molecule has 1 saturated carbocycles. The number of carbonyl (C=O) groups excluding carboxylic acids is 2. The lowest BCUT2D eigenvalue weighted by atomic mass is 9.95. The van der Waals surface area contributed by atoms with Crippen LogP contribution in [0.25, 0.3) is 0 Å². The van der Waals surface area contributed by atoms with Gasteiger partial charge in [0.05, 0.1) is 0 Å². The Morgan fingerprint density at radius 2 is 2.00 bits per heavy atom. The summed E-state index contributed by atoms with van der Waals surface area (Å²) < 4.78 is 0. The molecule has 114 valence electrons. The molecule has 3 amide bonds. The highest BCUT2D eigenvalue weighted by molar-refractivity contribution is 5.92. The summed E-state index contributed by atoms with van der Waals surface area (Å²) >= 11 is 0. The minimum Gasteiger partial charge on any atom is -0.366 e. The fourth-order valence-electron chi connectivity index (χ4n) is 2.77. The van der Waals surface area contributed by atoms with Gasteiger partial charge in [0, 0.05) is 25.2 Å². The molecular formula is C16H23N3O2. The molecule has 5 nitrogen and oxygen atoms in total. The van der Waals surface area contributed by atoms with E-state index in [9.17, 15) is 9.59 Å². The maximum absolute atomic E-state index is 12.2. The molecule has 1 fully saturated rings. The van der Waals surface area contributed by atoms with Crippen molar-refractivity contribution in [3.8, 4) is 0 Å². The summed E-state index contributed by atoms with van der Waals surface area (Å²) in [4.78, 5) is 25.1. The van der Waals surface area contributed by atoms with E-state index in [0.29, 0.717) is 18.2 Å². The van der Waals surface area contributed by atoms with Crippen molar-refractivity contribution >= 4 is 11.9 Å². The molecule has 0 heterocycles. The Balaban J connectivity index is 1.88. The van der Waals surface area contributed by atoms with E-state index in [-0.39, 0.29) is 6.03 Å². The lowest BCUT2D eigenvalue weighted by Crippen LogP contribution is -2.44. The number of hydrogen-bond acceptors (Lipinski definition) is 2. The van der Waals surface area contributed by atoms with E-state index in [1.165, 1.54) is 19.3 Å². The number of rotatable bonds is 4. The van der Waals surface area contributed by atoms with Gasteiger partial charge in [-0.15, -0.1) is 0 Å². The number of nitrogens with one attached hydrogen (secondary N) is 1. The summed E-state index contributed by atoms with van der Waals surface area (Å²) in [6.45, 7) is 0.400. The summed E-state index contributed by atoms with van der Waals surface area (Å²) in [5, 5.41) is 2.90. The molecule has 3 N–H and O–H groups in total. The number of benzene rings is 1. The lowest BCUT2D eigenvalue weighted by Gasteiger charge is -2.31. The molecule has 2 rings (SSSR count). The van der Waals surface area contributed by atoms with Crippen LogP contribution in [-0.4, -0.2) is 29.9 Å². The van der Waals surface area contributed by atoms with Gasteiger partial charge in [-0.25, -0.2) is 4.79 Å². The first-order valence-corrected chi connectivity index (χ1v) is 7.47. The van der Waals surface area contributed by atoms with Crippen LogP contribution in [-0.2, 0) is 6.54 Å². The highest BCUT2D eigenvalue weighted by Crippen LogP contribution is 2.21. The molecular weight excluding hydrogens is 266 g/mol. The van der Waals surface area contributed by atoms with Crippen molar-refractivity contribution < 1.29 is 9.59 Å². The molecule has 0 aliphatic heterocycles. The third kappa shape index (κ3) is 4.21. The number of amides is 3. The normalized spacial score (nSPS) is 15.5. The van der Waals surface area contributed by atoms with Gasteiger partial charge in [0.15, 0.2) is 0 Å². The Kier molecular flexibility index (Phi) is 5.20. The van der Waals surface area contributed by atoms with Crippen LogP contribution in [0, 0.1) is 0 Å². The Hall–Kier alpha value is -2.04. The van der Waals surface area contributed by atoms with E-state index >= 15 is 0 Å². The van der Waals surface area contributed by atoms with Gasteiger partial charge < -0.3 is 16.0 Å². The van der Waals surface area contributed by atoms with Crippen molar-refractivity contribution in [3.05, 3.63) is 35.4 Å². The van der Waals surface area contributed by atoms with Crippen molar-refractivity contribution in [3.63, 3.8) is 0 Å². The van der Waals surface area contributed by atoms with Gasteiger partial charge in [-0.3, -0.25) is 4.79 Å². The van der Waals surface area contributed by atoms with Crippen LogP contribution < -0.4 is 11.1 Å². The molecule has 21 heavy (non-hydrogen) atoms. The van der Waals surface area contributed by atoms with E-state index in [1.54, 1.807) is 23.1 Å². The number of urea groups is 1. The number of hydrogen-bond donors (Lipinski definition) is 2. The average Bonchev–Trinajstić information content (AvgIpc) is 2.53. The van der Waals surface area contributed by atoms with Crippen LogP contribution in [0.15, 0.2) is 24.3 Å². The van der Waals surface area contributed by atoms with Gasteiger partial charge in [-0.1, -0.05) is 31.4 Å². The molecule has 0 aromatic heterocycles. The molecule has 0 spiro atoms.